The maximum absolute atomic E-state index is 13.7. The summed E-state index contributed by atoms with van der Waals surface area (Å²) in [5, 5.41) is 5.38. The summed E-state index contributed by atoms with van der Waals surface area (Å²) >= 11 is 0. The predicted molar refractivity (Wildman–Crippen MR) is 134 cm³/mol. The monoisotopic (exact) mass is 432 g/mol. The molecular weight excluding hydrogens is 408 g/mol. The van der Waals surface area contributed by atoms with Gasteiger partial charge in [0.25, 0.3) is 11.8 Å². The van der Waals surface area contributed by atoms with Crippen molar-refractivity contribution >= 4 is 39.5 Å². The first-order chi connectivity index (χ1) is 15.9. The van der Waals surface area contributed by atoms with Gasteiger partial charge in [-0.1, -0.05) is 77.9 Å². The molecule has 4 aromatic rings. The number of aryl methyl sites for hydroxylation is 3. The summed E-state index contributed by atoms with van der Waals surface area (Å²) in [7, 11) is 0. The first-order valence-electron chi connectivity index (χ1n) is 11.0. The van der Waals surface area contributed by atoms with Crippen molar-refractivity contribution in [3.63, 3.8) is 0 Å². The molecule has 0 unspecified atom stereocenters. The van der Waals surface area contributed by atoms with E-state index < -0.39 is 0 Å². The third-order valence-corrected chi connectivity index (χ3v) is 6.08. The second kappa shape index (κ2) is 8.06. The van der Waals surface area contributed by atoms with Crippen LogP contribution in [0.15, 0.2) is 90.6 Å². The fourth-order valence-electron chi connectivity index (χ4n) is 4.39. The Morgan fingerprint density at radius 2 is 1.39 bits per heavy atom. The summed E-state index contributed by atoms with van der Waals surface area (Å²) in [6.45, 7) is 5.96. The first kappa shape index (κ1) is 20.7. The van der Waals surface area contributed by atoms with Crippen molar-refractivity contribution in [2.24, 2.45) is 0 Å². The first-order valence-corrected chi connectivity index (χ1v) is 11.0. The number of imide groups is 1. The molecule has 0 radical (unpaired) electrons. The molecule has 0 saturated carbocycles. The Balaban J connectivity index is 1.68. The zero-order valence-corrected chi connectivity index (χ0v) is 18.8. The van der Waals surface area contributed by atoms with Crippen molar-refractivity contribution < 1.29 is 9.59 Å². The summed E-state index contributed by atoms with van der Waals surface area (Å²) in [5.41, 5.74) is 5.92. The fraction of sp³-hybridized carbons (Fsp3) is 0.103. The number of hydrogen-bond donors (Lipinski definition) is 1. The van der Waals surface area contributed by atoms with Crippen molar-refractivity contribution in [2.75, 3.05) is 10.2 Å². The number of carbonyl (C=O) groups is 2. The third-order valence-electron chi connectivity index (χ3n) is 6.08. The number of carbonyl (C=O) groups excluding carboxylic acids is 2. The maximum Gasteiger partial charge on any atom is 0.282 e. The van der Waals surface area contributed by atoms with Crippen molar-refractivity contribution in [3.8, 4) is 0 Å². The van der Waals surface area contributed by atoms with Crippen LogP contribution in [0.2, 0.25) is 0 Å². The molecule has 0 saturated heterocycles. The second-order valence-electron chi connectivity index (χ2n) is 8.50. The van der Waals surface area contributed by atoms with Crippen LogP contribution in [0.25, 0.3) is 16.3 Å². The summed E-state index contributed by atoms with van der Waals surface area (Å²) in [6.07, 6.45) is 0. The topological polar surface area (TPSA) is 49.4 Å². The number of amides is 2. The maximum atomic E-state index is 13.7. The van der Waals surface area contributed by atoms with Crippen LogP contribution in [0.5, 0.6) is 0 Å². The summed E-state index contributed by atoms with van der Waals surface area (Å²) in [4.78, 5) is 28.7. The Kier molecular flexibility index (Phi) is 5.06. The van der Waals surface area contributed by atoms with Gasteiger partial charge in [-0.05, 0) is 55.5 Å². The average Bonchev–Trinajstić information content (AvgIpc) is 3.04. The van der Waals surface area contributed by atoms with Gasteiger partial charge >= 0.3 is 0 Å². The molecule has 162 valence electrons. The number of benzene rings is 4. The summed E-state index contributed by atoms with van der Waals surface area (Å²) < 4.78 is 0. The highest BCUT2D eigenvalue weighted by Gasteiger charge is 2.40. The highest BCUT2D eigenvalue weighted by atomic mass is 16.2. The molecule has 4 heteroatoms. The van der Waals surface area contributed by atoms with Gasteiger partial charge in [-0.25, -0.2) is 4.90 Å². The smallest absolute Gasteiger partial charge is 0.282 e. The van der Waals surface area contributed by atoms with Gasteiger partial charge < -0.3 is 5.32 Å². The Morgan fingerprint density at radius 1 is 0.697 bits per heavy atom. The number of rotatable bonds is 4. The highest BCUT2D eigenvalue weighted by Crippen LogP contribution is 2.36. The number of nitrogens with one attached hydrogen (secondary N) is 1. The standard InChI is InChI=1S/C29H24N2O2/c1-18-11-14-22(15-12-18)31-28(32)26(23-16-13-19(2)17-20(23)3)27(29(31)33)30-25-10-6-8-21-7-4-5-9-24(21)25/h4-17,30H,1-3H3. The van der Waals surface area contributed by atoms with E-state index in [1.807, 2.05) is 106 Å². The van der Waals surface area contributed by atoms with Gasteiger partial charge in [-0.15, -0.1) is 0 Å². The second-order valence-corrected chi connectivity index (χ2v) is 8.50. The molecular formula is C29H24N2O2. The Bertz CT molecular complexity index is 1440. The molecule has 0 aliphatic carbocycles. The average molecular weight is 433 g/mol. The fourth-order valence-corrected chi connectivity index (χ4v) is 4.39. The Hall–Kier alpha value is -4.18. The van der Waals surface area contributed by atoms with Gasteiger partial charge in [0.2, 0.25) is 0 Å². The van der Waals surface area contributed by atoms with E-state index in [0.29, 0.717) is 17.0 Å². The lowest BCUT2D eigenvalue weighted by Gasteiger charge is -2.16. The van der Waals surface area contributed by atoms with Crippen LogP contribution in [0, 0.1) is 20.8 Å². The van der Waals surface area contributed by atoms with E-state index in [0.717, 1.165) is 38.7 Å². The summed E-state index contributed by atoms with van der Waals surface area (Å²) in [6, 6.07) is 27.2. The normalized spacial score (nSPS) is 13.8. The van der Waals surface area contributed by atoms with Gasteiger partial charge in [-0.2, -0.15) is 0 Å². The minimum atomic E-state index is -0.355. The molecule has 1 heterocycles. The van der Waals surface area contributed by atoms with Crippen LogP contribution < -0.4 is 10.2 Å². The van der Waals surface area contributed by atoms with Crippen molar-refractivity contribution in [2.45, 2.75) is 20.8 Å². The van der Waals surface area contributed by atoms with E-state index in [1.54, 1.807) is 0 Å². The SMILES string of the molecule is Cc1ccc(N2C(=O)C(Nc3cccc4ccccc34)=C(c3ccc(C)cc3C)C2=O)cc1. The number of hydrogen-bond acceptors (Lipinski definition) is 3. The van der Waals surface area contributed by atoms with E-state index in [9.17, 15) is 9.59 Å². The zero-order valence-electron chi connectivity index (χ0n) is 18.8. The molecule has 0 spiro atoms. The Morgan fingerprint density at radius 3 is 2.15 bits per heavy atom. The predicted octanol–water partition coefficient (Wildman–Crippen LogP) is 6.16. The van der Waals surface area contributed by atoms with Gasteiger partial charge in [0.1, 0.15) is 5.70 Å². The van der Waals surface area contributed by atoms with Gasteiger partial charge in [0.15, 0.2) is 0 Å². The molecule has 33 heavy (non-hydrogen) atoms. The van der Waals surface area contributed by atoms with Crippen LogP contribution >= 0.6 is 0 Å². The van der Waals surface area contributed by atoms with E-state index in [4.69, 9.17) is 0 Å². The zero-order chi connectivity index (χ0) is 23.1. The molecule has 1 aliphatic heterocycles. The number of anilines is 2. The van der Waals surface area contributed by atoms with E-state index in [2.05, 4.69) is 5.32 Å². The van der Waals surface area contributed by atoms with Crippen LogP contribution in [-0.2, 0) is 9.59 Å². The lowest BCUT2D eigenvalue weighted by atomic mass is 9.97. The molecule has 0 atom stereocenters. The van der Waals surface area contributed by atoms with Gasteiger partial charge in [-0.3, -0.25) is 9.59 Å². The molecule has 1 aliphatic rings. The molecule has 4 nitrogen and oxygen atoms in total. The molecule has 4 aromatic carbocycles. The lowest BCUT2D eigenvalue weighted by Crippen LogP contribution is -2.32. The van der Waals surface area contributed by atoms with Crippen LogP contribution in [0.3, 0.4) is 0 Å². The molecule has 0 aromatic heterocycles. The van der Waals surface area contributed by atoms with Crippen LogP contribution in [0.4, 0.5) is 11.4 Å². The van der Waals surface area contributed by atoms with Gasteiger partial charge in [0, 0.05) is 11.1 Å². The molecule has 5 rings (SSSR count). The van der Waals surface area contributed by atoms with Gasteiger partial charge in [0.05, 0.1) is 11.3 Å². The van der Waals surface area contributed by atoms with Crippen LogP contribution in [0.1, 0.15) is 22.3 Å². The number of nitrogens with zero attached hydrogens (tertiary/aromatic N) is 1. The third kappa shape index (κ3) is 3.60. The summed E-state index contributed by atoms with van der Waals surface area (Å²) in [5.74, 6) is -0.676. The number of fused-ring (bicyclic) bond motifs is 1. The lowest BCUT2D eigenvalue weighted by molar-refractivity contribution is -0.120. The molecule has 2 amide bonds. The van der Waals surface area contributed by atoms with Crippen molar-refractivity contribution in [3.05, 3.63) is 113 Å². The molecule has 0 fully saturated rings. The minimum Gasteiger partial charge on any atom is -0.350 e. The van der Waals surface area contributed by atoms with Crippen LogP contribution in [-0.4, -0.2) is 11.8 Å². The Labute approximate surface area is 193 Å². The largest absolute Gasteiger partial charge is 0.350 e. The van der Waals surface area contributed by atoms with E-state index >= 15 is 0 Å². The highest BCUT2D eigenvalue weighted by molar-refractivity contribution is 6.46. The quantitative estimate of drug-likeness (QED) is 0.393. The van der Waals surface area contributed by atoms with E-state index in [-0.39, 0.29) is 11.8 Å². The molecule has 0 bridgehead atoms. The van der Waals surface area contributed by atoms with Crippen molar-refractivity contribution in [1.29, 1.82) is 0 Å². The molecule has 1 N–H and O–H groups in total. The minimum absolute atomic E-state index is 0.295. The van der Waals surface area contributed by atoms with E-state index in [1.165, 1.54) is 4.90 Å². The van der Waals surface area contributed by atoms with Crippen molar-refractivity contribution in [1.82, 2.24) is 0 Å².